The molecule has 1 unspecified atom stereocenters. The van der Waals surface area contributed by atoms with Crippen LogP contribution in [0.25, 0.3) is 0 Å². The van der Waals surface area contributed by atoms with Crippen LogP contribution in [0.5, 0.6) is 11.5 Å². The number of pyridine rings is 1. The van der Waals surface area contributed by atoms with Crippen LogP contribution in [0.15, 0.2) is 83.9 Å². The zero-order valence-electron chi connectivity index (χ0n) is 19.9. The summed E-state index contributed by atoms with van der Waals surface area (Å²) in [7, 11) is -1.14. The van der Waals surface area contributed by atoms with Gasteiger partial charge in [-0.1, -0.05) is 17.7 Å². The minimum atomic E-state index is -4.22. The van der Waals surface area contributed by atoms with Crippen molar-refractivity contribution < 1.29 is 26.7 Å². The third kappa shape index (κ3) is 5.84. The molecule has 1 aromatic heterocycles. The van der Waals surface area contributed by atoms with E-state index in [0.29, 0.717) is 28.9 Å². The third-order valence-corrected chi connectivity index (χ3v) is 8.03. The molecule has 0 bridgehead atoms. The van der Waals surface area contributed by atoms with Crippen molar-refractivity contribution in [3.63, 3.8) is 0 Å². The van der Waals surface area contributed by atoms with Crippen LogP contribution in [0.2, 0.25) is 5.02 Å². The average molecular weight is 545 g/mol. The van der Waals surface area contributed by atoms with Gasteiger partial charge in [0.15, 0.2) is 21.3 Å². The smallest absolute Gasteiger partial charge is 0.189 e. The highest BCUT2D eigenvalue weighted by Gasteiger charge is 2.33. The Morgan fingerprint density at radius 1 is 0.919 bits per heavy atom. The van der Waals surface area contributed by atoms with Crippen LogP contribution >= 0.6 is 11.6 Å². The standard InChI is InChI=1S/C27H23ClF2N2O4S/c1-35-24-10-3-17(13-25(24)36-2)16-32-26-14-18(11-12-31-26)27(22-15-20(29)6-9-23(22)30)37(33,34)21-7-4-19(28)5-8-21/h3-15,27H,16H2,1-2H3,(H,31,32). The molecule has 0 amide bonds. The summed E-state index contributed by atoms with van der Waals surface area (Å²) in [4.78, 5) is 4.18. The van der Waals surface area contributed by atoms with Crippen LogP contribution < -0.4 is 14.8 Å². The molecule has 1 N–H and O–H groups in total. The molecule has 0 aliphatic heterocycles. The summed E-state index contributed by atoms with van der Waals surface area (Å²) in [5, 5.41) is 1.95. The van der Waals surface area contributed by atoms with E-state index in [2.05, 4.69) is 10.3 Å². The van der Waals surface area contributed by atoms with Crippen LogP contribution in [0.3, 0.4) is 0 Å². The van der Waals surface area contributed by atoms with Gasteiger partial charge in [-0.25, -0.2) is 22.2 Å². The molecule has 0 aliphatic rings. The number of rotatable bonds is 9. The topological polar surface area (TPSA) is 77.5 Å². The maximum atomic E-state index is 14.9. The van der Waals surface area contributed by atoms with E-state index < -0.39 is 26.7 Å². The molecule has 0 radical (unpaired) electrons. The zero-order chi connectivity index (χ0) is 26.6. The van der Waals surface area contributed by atoms with Crippen LogP contribution in [-0.4, -0.2) is 27.6 Å². The molecule has 6 nitrogen and oxygen atoms in total. The number of hydrogen-bond acceptors (Lipinski definition) is 6. The molecule has 10 heteroatoms. The molecule has 4 rings (SSSR count). The first-order valence-corrected chi connectivity index (χ1v) is 13.0. The Labute approximate surface area is 218 Å². The fourth-order valence-corrected chi connectivity index (χ4v) is 5.83. The van der Waals surface area contributed by atoms with Crippen LogP contribution in [0, 0.1) is 11.6 Å². The van der Waals surface area contributed by atoms with Gasteiger partial charge in [0.1, 0.15) is 22.7 Å². The Morgan fingerprint density at radius 2 is 1.65 bits per heavy atom. The number of nitrogens with one attached hydrogen (secondary N) is 1. The van der Waals surface area contributed by atoms with Crippen molar-refractivity contribution in [2.75, 3.05) is 19.5 Å². The third-order valence-electron chi connectivity index (χ3n) is 5.70. The molecule has 3 aromatic carbocycles. The van der Waals surface area contributed by atoms with Gasteiger partial charge in [0.25, 0.3) is 0 Å². The van der Waals surface area contributed by atoms with Gasteiger partial charge in [-0.15, -0.1) is 0 Å². The van der Waals surface area contributed by atoms with Gasteiger partial charge in [-0.05, 0) is 77.9 Å². The summed E-state index contributed by atoms with van der Waals surface area (Å²) in [6.07, 6.45) is 1.41. The second-order valence-corrected chi connectivity index (χ2v) is 10.5. The van der Waals surface area contributed by atoms with E-state index in [-0.39, 0.29) is 16.0 Å². The molecule has 192 valence electrons. The molecule has 0 saturated heterocycles. The van der Waals surface area contributed by atoms with Crippen molar-refractivity contribution in [1.29, 1.82) is 0 Å². The first-order chi connectivity index (χ1) is 17.7. The van der Waals surface area contributed by atoms with E-state index in [9.17, 15) is 17.2 Å². The fourth-order valence-electron chi connectivity index (χ4n) is 3.89. The Bertz CT molecular complexity index is 1520. The highest BCUT2D eigenvalue weighted by molar-refractivity contribution is 7.91. The zero-order valence-corrected chi connectivity index (χ0v) is 21.5. The lowest BCUT2D eigenvalue weighted by Gasteiger charge is -2.20. The quantitative estimate of drug-likeness (QED) is 0.270. The SMILES string of the molecule is COc1ccc(CNc2cc(C(c3cc(F)ccc3F)S(=O)(=O)c3ccc(Cl)cc3)ccn2)cc1OC. The van der Waals surface area contributed by atoms with Gasteiger partial charge in [-0.2, -0.15) is 0 Å². The van der Waals surface area contributed by atoms with Gasteiger partial charge < -0.3 is 14.8 Å². The molecular formula is C27H23ClF2N2O4S. The van der Waals surface area contributed by atoms with Gasteiger partial charge >= 0.3 is 0 Å². The molecule has 0 fully saturated rings. The Morgan fingerprint density at radius 3 is 2.35 bits per heavy atom. The second kappa shape index (κ2) is 11.1. The fraction of sp³-hybridized carbons (Fsp3) is 0.148. The number of hydrogen-bond donors (Lipinski definition) is 1. The van der Waals surface area contributed by atoms with E-state index in [1.165, 1.54) is 49.7 Å². The van der Waals surface area contributed by atoms with Crippen molar-refractivity contribution in [3.8, 4) is 11.5 Å². The normalized spacial score (nSPS) is 12.1. The molecule has 0 spiro atoms. The van der Waals surface area contributed by atoms with Gasteiger partial charge in [0.2, 0.25) is 0 Å². The van der Waals surface area contributed by atoms with Crippen LogP contribution in [0.1, 0.15) is 21.9 Å². The monoisotopic (exact) mass is 544 g/mol. The molecule has 37 heavy (non-hydrogen) atoms. The highest BCUT2D eigenvalue weighted by atomic mass is 35.5. The van der Waals surface area contributed by atoms with E-state index in [1.807, 2.05) is 6.07 Å². The highest BCUT2D eigenvalue weighted by Crippen LogP contribution is 2.37. The number of sulfone groups is 1. The molecular weight excluding hydrogens is 522 g/mol. The van der Waals surface area contributed by atoms with E-state index in [0.717, 1.165) is 23.8 Å². The Hall–Kier alpha value is -3.69. The van der Waals surface area contributed by atoms with Crippen LogP contribution in [0.4, 0.5) is 14.6 Å². The lowest BCUT2D eigenvalue weighted by molar-refractivity contribution is 0.354. The van der Waals surface area contributed by atoms with E-state index >= 15 is 0 Å². The summed E-state index contributed by atoms with van der Waals surface area (Å²) < 4.78 is 67.1. The predicted octanol–water partition coefficient (Wildman–Crippen LogP) is 6.21. The number of anilines is 1. The molecule has 0 saturated carbocycles. The van der Waals surface area contributed by atoms with Crippen LogP contribution in [-0.2, 0) is 16.4 Å². The number of ether oxygens (including phenoxy) is 2. The summed E-state index contributed by atoms with van der Waals surface area (Å²) in [6, 6.07) is 16.6. The number of methoxy groups -OCH3 is 2. The van der Waals surface area contributed by atoms with E-state index in [1.54, 1.807) is 19.2 Å². The number of aromatic nitrogens is 1. The lowest BCUT2D eigenvalue weighted by atomic mass is 10.0. The molecule has 1 atom stereocenters. The average Bonchev–Trinajstić information content (AvgIpc) is 2.89. The second-order valence-electron chi connectivity index (χ2n) is 8.06. The van der Waals surface area contributed by atoms with Crippen molar-refractivity contribution in [3.05, 3.63) is 112 Å². The Balaban J connectivity index is 1.72. The predicted molar refractivity (Wildman–Crippen MR) is 138 cm³/mol. The molecule has 4 aromatic rings. The first kappa shape index (κ1) is 26.4. The summed E-state index contributed by atoms with van der Waals surface area (Å²) in [5.74, 6) is -0.118. The molecule has 0 aliphatic carbocycles. The summed E-state index contributed by atoms with van der Waals surface area (Å²) >= 11 is 5.93. The lowest BCUT2D eigenvalue weighted by Crippen LogP contribution is -2.17. The van der Waals surface area contributed by atoms with Crippen molar-refractivity contribution in [1.82, 2.24) is 4.98 Å². The number of benzene rings is 3. The number of nitrogens with zero attached hydrogens (tertiary/aromatic N) is 1. The van der Waals surface area contributed by atoms with Gasteiger partial charge in [0, 0.05) is 23.3 Å². The van der Waals surface area contributed by atoms with Gasteiger partial charge in [-0.3, -0.25) is 0 Å². The maximum absolute atomic E-state index is 14.9. The van der Waals surface area contributed by atoms with E-state index in [4.69, 9.17) is 21.1 Å². The minimum Gasteiger partial charge on any atom is -0.493 e. The Kier molecular flexibility index (Phi) is 7.94. The number of halogens is 3. The van der Waals surface area contributed by atoms with Gasteiger partial charge in [0.05, 0.1) is 19.1 Å². The summed E-state index contributed by atoms with van der Waals surface area (Å²) in [6.45, 7) is 0.333. The first-order valence-electron chi connectivity index (χ1n) is 11.1. The summed E-state index contributed by atoms with van der Waals surface area (Å²) in [5.41, 5.74) is 0.752. The maximum Gasteiger partial charge on any atom is 0.189 e. The van der Waals surface area contributed by atoms with Crippen molar-refractivity contribution >= 4 is 27.3 Å². The molecule has 1 heterocycles. The van der Waals surface area contributed by atoms with Crippen molar-refractivity contribution in [2.45, 2.75) is 16.7 Å². The van der Waals surface area contributed by atoms with Crippen molar-refractivity contribution in [2.24, 2.45) is 0 Å². The largest absolute Gasteiger partial charge is 0.493 e. The minimum absolute atomic E-state index is 0.0813.